The van der Waals surface area contributed by atoms with Crippen molar-refractivity contribution in [3.8, 4) is 10.6 Å². The maximum atomic E-state index is 7.79. The molecule has 0 saturated carbocycles. The van der Waals surface area contributed by atoms with Crippen molar-refractivity contribution in [3.05, 3.63) is 41.3 Å². The number of anilines is 1. The Labute approximate surface area is 194 Å². The van der Waals surface area contributed by atoms with E-state index >= 15 is 0 Å². The molecule has 4 aliphatic rings. The van der Waals surface area contributed by atoms with E-state index in [2.05, 4.69) is 60.6 Å². The average Bonchev–Trinajstić information content (AvgIpc) is 3.31. The van der Waals surface area contributed by atoms with Gasteiger partial charge < -0.3 is 10.6 Å². The van der Waals surface area contributed by atoms with Crippen molar-refractivity contribution >= 4 is 33.1 Å². The molecule has 3 aliphatic heterocycles. The van der Waals surface area contributed by atoms with Gasteiger partial charge in [0.2, 0.25) is 5.36 Å². The summed E-state index contributed by atoms with van der Waals surface area (Å²) in [4.78, 5) is 8.88. The zero-order valence-corrected chi connectivity index (χ0v) is 20.3. The Hall–Kier alpha value is -2.47. The van der Waals surface area contributed by atoms with Crippen LogP contribution in [0.1, 0.15) is 52.0 Å². The van der Waals surface area contributed by atoms with Crippen molar-refractivity contribution in [1.82, 2.24) is 9.56 Å². The van der Waals surface area contributed by atoms with Gasteiger partial charge in [-0.2, -0.15) is 0 Å². The molecule has 3 heterocycles. The molecule has 0 radical (unpaired) electrons. The van der Waals surface area contributed by atoms with Crippen molar-refractivity contribution in [2.24, 2.45) is 11.7 Å². The third-order valence-corrected chi connectivity index (χ3v) is 8.11. The lowest BCUT2D eigenvalue weighted by Gasteiger charge is -2.34. The molecule has 0 bridgehead atoms. The van der Waals surface area contributed by atoms with Gasteiger partial charge >= 0.3 is 0 Å². The van der Waals surface area contributed by atoms with Crippen molar-refractivity contribution in [3.63, 3.8) is 0 Å². The topological polar surface area (TPSA) is 69.0 Å². The molecule has 6 heteroatoms. The Kier molecular flexibility index (Phi) is 5.44. The second-order valence-corrected chi connectivity index (χ2v) is 11.5. The molecule has 0 atom stereocenters. The first-order valence-corrected chi connectivity index (χ1v) is 12.7. The Balaban J connectivity index is 1.63. The summed E-state index contributed by atoms with van der Waals surface area (Å²) in [5, 5.41) is 9.11. The normalized spacial score (nSPS) is 18.1. The van der Waals surface area contributed by atoms with Crippen LogP contribution in [0.3, 0.4) is 0 Å². The zero-order chi connectivity index (χ0) is 22.5. The number of nitrogens with zero attached hydrogens (tertiary/aromatic N) is 3. The molecular weight excluding hydrogens is 414 g/mol. The van der Waals surface area contributed by atoms with Gasteiger partial charge in [0, 0.05) is 49.7 Å². The van der Waals surface area contributed by atoms with E-state index in [9.17, 15) is 0 Å². The van der Waals surface area contributed by atoms with Crippen LogP contribution in [0, 0.1) is 11.3 Å². The van der Waals surface area contributed by atoms with Crippen LogP contribution in [0.5, 0.6) is 0 Å². The minimum Gasteiger partial charge on any atom is -0.387 e. The van der Waals surface area contributed by atoms with Crippen LogP contribution in [0.15, 0.2) is 30.3 Å². The Morgan fingerprint density at radius 2 is 1.84 bits per heavy atom. The summed E-state index contributed by atoms with van der Waals surface area (Å²) in [5.41, 5.74) is 10.6. The van der Waals surface area contributed by atoms with E-state index in [-0.39, 0.29) is 11.3 Å². The molecule has 0 unspecified atom stereocenters. The van der Waals surface area contributed by atoms with Crippen LogP contribution in [-0.4, -0.2) is 37.0 Å². The Morgan fingerprint density at radius 1 is 1.12 bits per heavy atom. The second kappa shape index (κ2) is 8.14. The van der Waals surface area contributed by atoms with Gasteiger partial charge in [-0.3, -0.25) is 5.41 Å². The van der Waals surface area contributed by atoms with Crippen molar-refractivity contribution in [2.75, 3.05) is 31.1 Å². The summed E-state index contributed by atoms with van der Waals surface area (Å²) < 4.78 is 3.75. The van der Waals surface area contributed by atoms with E-state index in [0.29, 0.717) is 5.84 Å². The molecule has 5 rings (SSSR count). The van der Waals surface area contributed by atoms with Gasteiger partial charge in [0.05, 0.1) is 26.6 Å². The first-order chi connectivity index (χ1) is 15.3. The van der Waals surface area contributed by atoms with Gasteiger partial charge in [-0.05, 0) is 42.0 Å². The third-order valence-electron chi connectivity index (χ3n) is 7.03. The van der Waals surface area contributed by atoms with Crippen molar-refractivity contribution in [1.29, 1.82) is 5.41 Å². The molecule has 5 nitrogen and oxygen atoms in total. The van der Waals surface area contributed by atoms with E-state index in [4.69, 9.17) is 16.1 Å². The van der Waals surface area contributed by atoms with Gasteiger partial charge in [-0.25, -0.2) is 9.56 Å². The maximum Gasteiger partial charge on any atom is 0.201 e. The molecule has 1 aromatic carbocycles. The summed E-state index contributed by atoms with van der Waals surface area (Å²) in [7, 11) is 0. The van der Waals surface area contributed by atoms with Gasteiger partial charge in [-0.15, -0.1) is 11.3 Å². The van der Waals surface area contributed by atoms with Crippen LogP contribution in [0.2, 0.25) is 0 Å². The van der Waals surface area contributed by atoms with Crippen LogP contribution < -0.4 is 20.6 Å². The van der Waals surface area contributed by atoms with Crippen LogP contribution in [0.25, 0.3) is 20.8 Å². The molecule has 3 N–H and O–H groups in total. The Morgan fingerprint density at radius 3 is 2.50 bits per heavy atom. The largest absolute Gasteiger partial charge is 0.387 e. The van der Waals surface area contributed by atoms with E-state index in [1.807, 2.05) is 11.3 Å². The van der Waals surface area contributed by atoms with Gasteiger partial charge in [0.25, 0.3) is 0 Å². The fourth-order valence-corrected chi connectivity index (χ4v) is 6.14. The van der Waals surface area contributed by atoms with Crippen LogP contribution in [0.4, 0.5) is 5.69 Å². The quantitative estimate of drug-likeness (QED) is 0.264. The number of piperidine rings is 1. The highest BCUT2D eigenvalue weighted by Gasteiger charge is 2.26. The highest BCUT2D eigenvalue weighted by atomic mass is 32.1. The predicted molar refractivity (Wildman–Crippen MR) is 136 cm³/mol. The van der Waals surface area contributed by atoms with Gasteiger partial charge in [0.1, 0.15) is 13.1 Å². The molecule has 1 aromatic rings. The van der Waals surface area contributed by atoms with Crippen LogP contribution in [-0.2, 0) is 5.41 Å². The molecule has 0 amide bonds. The smallest absolute Gasteiger partial charge is 0.201 e. The SMILES string of the molecule is CC(C)(C)c1cc(N2CCC(C(=N)N)CC2)cc2sc3cc(=[N+]4CCCC4)ccc-3nc12. The predicted octanol–water partition coefficient (Wildman–Crippen LogP) is 4.42. The lowest BCUT2D eigenvalue weighted by atomic mass is 9.85. The van der Waals surface area contributed by atoms with E-state index < -0.39 is 0 Å². The summed E-state index contributed by atoms with van der Waals surface area (Å²) >= 11 is 1.87. The fraction of sp³-hybridized carbons (Fsp3) is 0.500. The minimum absolute atomic E-state index is 0.00878. The van der Waals surface area contributed by atoms with Crippen molar-refractivity contribution in [2.45, 2.75) is 51.9 Å². The number of nitrogens with one attached hydrogen (secondary N) is 1. The number of aromatic nitrogens is 1. The van der Waals surface area contributed by atoms with E-state index in [1.54, 1.807) is 0 Å². The lowest BCUT2D eigenvalue weighted by molar-refractivity contribution is 0.497. The highest BCUT2D eigenvalue weighted by Crippen LogP contribution is 2.39. The number of rotatable bonds is 2. The molecule has 168 valence electrons. The monoisotopic (exact) mass is 448 g/mol. The third kappa shape index (κ3) is 4.01. The van der Waals surface area contributed by atoms with Gasteiger partial charge in [-0.1, -0.05) is 20.8 Å². The number of benzene rings is 2. The molecule has 2 fully saturated rings. The number of nitrogens with two attached hydrogens (primary N) is 1. The fourth-order valence-electron chi connectivity index (χ4n) is 5.08. The Bertz CT molecular complexity index is 1200. The summed E-state index contributed by atoms with van der Waals surface area (Å²) in [5.74, 6) is 0.566. The summed E-state index contributed by atoms with van der Waals surface area (Å²) in [6.07, 6.45) is 4.49. The standard InChI is InChI=1S/C26H34N5S/c1-26(2,3)20-14-19(31-12-8-17(9-13-31)25(27)28)16-23-24(20)29-21-7-6-18(15-22(21)32-23)30-10-4-5-11-30/h6-7,14-17H,4-5,8-13H2,1-3H3,(H3,27,28)/q+1. The maximum absolute atomic E-state index is 7.79. The average molecular weight is 449 g/mol. The number of hydrogen-bond donors (Lipinski definition) is 2. The highest BCUT2D eigenvalue weighted by molar-refractivity contribution is 7.21. The first-order valence-electron chi connectivity index (χ1n) is 11.9. The lowest BCUT2D eigenvalue weighted by Crippen LogP contribution is -2.38. The second-order valence-electron chi connectivity index (χ2n) is 10.4. The van der Waals surface area contributed by atoms with Crippen LogP contribution >= 0.6 is 11.3 Å². The minimum atomic E-state index is 0.00878. The molecular formula is C26H34N5S+. The molecule has 2 saturated heterocycles. The molecule has 0 aromatic heterocycles. The number of hydrogen-bond acceptors (Lipinski definition) is 4. The molecule has 32 heavy (non-hydrogen) atoms. The summed E-state index contributed by atoms with van der Waals surface area (Å²) in [6.45, 7) is 11.0. The number of amidine groups is 1. The van der Waals surface area contributed by atoms with E-state index in [0.717, 1.165) is 50.2 Å². The zero-order valence-electron chi connectivity index (χ0n) is 19.4. The van der Waals surface area contributed by atoms with Crippen molar-refractivity contribution < 1.29 is 0 Å². The first kappa shape index (κ1) is 21.4. The summed E-state index contributed by atoms with van der Waals surface area (Å²) in [6, 6.07) is 11.5. The molecule has 1 aliphatic carbocycles. The molecule has 0 spiro atoms. The number of fused-ring (bicyclic) bond motifs is 2. The van der Waals surface area contributed by atoms with E-state index in [1.165, 1.54) is 39.0 Å². The van der Waals surface area contributed by atoms with Gasteiger partial charge in [0.15, 0.2) is 0 Å².